The van der Waals surface area contributed by atoms with Crippen LogP contribution in [0.15, 0.2) is 0 Å². The molecule has 0 amide bonds. The van der Waals surface area contributed by atoms with Crippen LogP contribution in [-0.2, 0) is 4.79 Å². The van der Waals surface area contributed by atoms with Crippen molar-refractivity contribution < 1.29 is 9.28 Å². The fourth-order valence-electron chi connectivity index (χ4n) is 3.49. The van der Waals surface area contributed by atoms with Gasteiger partial charge in [-0.05, 0) is 6.42 Å². The fourth-order valence-corrected chi connectivity index (χ4v) is 3.49. The van der Waals surface area contributed by atoms with Gasteiger partial charge < -0.3 is 4.48 Å². The minimum atomic E-state index is 0.210. The summed E-state index contributed by atoms with van der Waals surface area (Å²) in [5.74, 6) is 0.674. The lowest BCUT2D eigenvalue weighted by Gasteiger charge is -2.26. The van der Waals surface area contributed by atoms with Crippen molar-refractivity contribution in [3.05, 3.63) is 0 Å². The molecule has 1 unspecified atom stereocenters. The molecule has 0 saturated carbocycles. The maximum absolute atomic E-state index is 12.1. The molecule has 0 aromatic carbocycles. The minimum absolute atomic E-state index is 0.210. The molecule has 24 heavy (non-hydrogen) atoms. The van der Waals surface area contributed by atoms with E-state index < -0.39 is 0 Å². The van der Waals surface area contributed by atoms with Crippen LogP contribution in [0.25, 0.3) is 0 Å². The number of Topliss-reactive ketones (excluding diaryl/α,β-unsaturated/α-hetero) is 1. The van der Waals surface area contributed by atoms with Crippen LogP contribution in [-0.4, -0.2) is 38.0 Å². The molecule has 0 aliphatic carbocycles. The van der Waals surface area contributed by atoms with Crippen molar-refractivity contribution in [2.24, 2.45) is 5.92 Å². The summed E-state index contributed by atoms with van der Waals surface area (Å²) in [7, 11) is 6.49. The first-order valence-electron chi connectivity index (χ1n) is 10.7. The van der Waals surface area contributed by atoms with Gasteiger partial charge in [-0.1, -0.05) is 90.9 Å². The summed E-state index contributed by atoms with van der Waals surface area (Å²) >= 11 is 0. The average Bonchev–Trinajstić information content (AvgIpc) is 2.50. The first-order valence-corrected chi connectivity index (χ1v) is 10.7. The summed E-state index contributed by atoms with van der Waals surface area (Å²) in [5.41, 5.74) is 0. The molecule has 0 bridgehead atoms. The first-order chi connectivity index (χ1) is 11.4. The number of hydrogen-bond donors (Lipinski definition) is 0. The monoisotopic (exact) mass is 340 g/mol. The molecule has 0 aliphatic heterocycles. The van der Waals surface area contributed by atoms with Gasteiger partial charge in [0.25, 0.3) is 0 Å². The second-order valence-electron chi connectivity index (χ2n) is 8.83. The zero-order valence-electron chi connectivity index (χ0n) is 17.5. The zero-order valence-corrected chi connectivity index (χ0v) is 17.5. The maximum atomic E-state index is 12.1. The molecule has 0 aromatic rings. The van der Waals surface area contributed by atoms with Crippen molar-refractivity contribution >= 4 is 5.78 Å². The Morgan fingerprint density at radius 2 is 1.08 bits per heavy atom. The average molecular weight is 341 g/mol. The van der Waals surface area contributed by atoms with E-state index >= 15 is 0 Å². The van der Waals surface area contributed by atoms with Gasteiger partial charge in [0, 0.05) is 6.42 Å². The lowest BCUT2D eigenvalue weighted by molar-refractivity contribution is -0.872. The lowest BCUT2D eigenvalue weighted by Crippen LogP contribution is -2.40. The first kappa shape index (κ1) is 23.6. The van der Waals surface area contributed by atoms with E-state index in [-0.39, 0.29) is 5.92 Å². The van der Waals surface area contributed by atoms with Crippen LogP contribution < -0.4 is 0 Å². The van der Waals surface area contributed by atoms with Crippen LogP contribution in [0.5, 0.6) is 0 Å². The van der Waals surface area contributed by atoms with E-state index in [1.807, 2.05) is 0 Å². The Morgan fingerprint density at radius 1 is 0.708 bits per heavy atom. The van der Waals surface area contributed by atoms with Gasteiger partial charge in [0.05, 0.1) is 33.6 Å². The summed E-state index contributed by atoms with van der Waals surface area (Å²) in [6, 6.07) is 0. The highest BCUT2D eigenvalue weighted by Gasteiger charge is 2.19. The van der Waals surface area contributed by atoms with Crippen molar-refractivity contribution in [1.82, 2.24) is 0 Å². The fraction of sp³-hybridized carbons (Fsp3) is 0.955. The van der Waals surface area contributed by atoms with Crippen molar-refractivity contribution in [2.75, 3.05) is 27.7 Å². The van der Waals surface area contributed by atoms with Crippen molar-refractivity contribution in [3.63, 3.8) is 0 Å². The van der Waals surface area contributed by atoms with E-state index in [0.29, 0.717) is 5.78 Å². The van der Waals surface area contributed by atoms with Crippen molar-refractivity contribution in [1.29, 1.82) is 0 Å². The molecule has 0 saturated heterocycles. The van der Waals surface area contributed by atoms with E-state index in [1.165, 1.54) is 77.0 Å². The number of ketones is 1. The quantitative estimate of drug-likeness (QED) is 0.222. The van der Waals surface area contributed by atoms with Gasteiger partial charge in [-0.2, -0.15) is 0 Å². The van der Waals surface area contributed by atoms with Crippen LogP contribution in [0, 0.1) is 5.92 Å². The number of rotatable bonds is 17. The molecule has 0 aromatic heterocycles. The Bertz CT molecular complexity index is 293. The second kappa shape index (κ2) is 14.9. The van der Waals surface area contributed by atoms with E-state index in [0.717, 1.165) is 23.9 Å². The SMILES string of the molecule is CCCCCCCCCCCCCCCC(=O)C(C)C[N+](C)(C)C. The number of unbranched alkanes of at least 4 members (excludes halogenated alkanes) is 12. The molecule has 144 valence electrons. The summed E-state index contributed by atoms with van der Waals surface area (Å²) in [5, 5.41) is 0. The molecule has 0 heterocycles. The predicted octanol–water partition coefficient (Wildman–Crippen LogP) is 6.38. The second-order valence-corrected chi connectivity index (χ2v) is 8.83. The molecule has 0 spiro atoms. The number of quaternary nitrogens is 1. The van der Waals surface area contributed by atoms with Crippen LogP contribution in [0.2, 0.25) is 0 Å². The molecule has 2 nitrogen and oxygen atoms in total. The zero-order chi connectivity index (χ0) is 18.3. The summed E-state index contributed by atoms with van der Waals surface area (Å²) in [6.07, 6.45) is 18.5. The number of carbonyl (C=O) groups is 1. The largest absolute Gasteiger partial charge is 0.330 e. The molecule has 1 atom stereocenters. The third-order valence-electron chi connectivity index (χ3n) is 4.90. The smallest absolute Gasteiger partial charge is 0.141 e. The Kier molecular flexibility index (Phi) is 14.7. The summed E-state index contributed by atoms with van der Waals surface area (Å²) in [6.45, 7) is 5.33. The molecular weight excluding hydrogens is 294 g/mol. The standard InChI is InChI=1S/C22H46NO/c1-6-7-8-9-10-11-12-13-14-15-16-17-18-19-22(24)21(2)20-23(3,4)5/h21H,6-20H2,1-5H3/q+1. The Balaban J connectivity index is 3.32. The molecule has 0 aliphatic rings. The van der Waals surface area contributed by atoms with Crippen molar-refractivity contribution in [3.8, 4) is 0 Å². The van der Waals surface area contributed by atoms with E-state index in [1.54, 1.807) is 0 Å². The lowest BCUT2D eigenvalue weighted by atomic mass is 9.99. The van der Waals surface area contributed by atoms with Crippen LogP contribution in [0.1, 0.15) is 104 Å². The van der Waals surface area contributed by atoms with Gasteiger partial charge in [0.2, 0.25) is 0 Å². The van der Waals surface area contributed by atoms with E-state index in [2.05, 4.69) is 35.0 Å². The Hall–Kier alpha value is -0.370. The van der Waals surface area contributed by atoms with Gasteiger partial charge in [-0.15, -0.1) is 0 Å². The van der Waals surface area contributed by atoms with E-state index in [4.69, 9.17) is 0 Å². The third kappa shape index (κ3) is 16.5. The predicted molar refractivity (Wildman–Crippen MR) is 107 cm³/mol. The van der Waals surface area contributed by atoms with Crippen LogP contribution in [0.4, 0.5) is 0 Å². The molecule has 0 rings (SSSR count). The molecule has 0 N–H and O–H groups in total. The summed E-state index contributed by atoms with van der Waals surface area (Å²) in [4.78, 5) is 12.1. The van der Waals surface area contributed by atoms with Crippen LogP contribution >= 0.6 is 0 Å². The minimum Gasteiger partial charge on any atom is -0.330 e. The highest BCUT2D eigenvalue weighted by atomic mass is 16.1. The van der Waals surface area contributed by atoms with Gasteiger partial charge in [-0.25, -0.2) is 0 Å². The molecule has 2 heteroatoms. The van der Waals surface area contributed by atoms with E-state index in [9.17, 15) is 4.79 Å². The van der Waals surface area contributed by atoms with Gasteiger partial charge >= 0.3 is 0 Å². The number of carbonyl (C=O) groups excluding carboxylic acids is 1. The number of hydrogen-bond acceptors (Lipinski definition) is 1. The molecule has 0 radical (unpaired) electrons. The normalized spacial score (nSPS) is 13.2. The molecule has 0 fully saturated rings. The third-order valence-corrected chi connectivity index (χ3v) is 4.90. The highest BCUT2D eigenvalue weighted by molar-refractivity contribution is 5.80. The number of nitrogens with zero attached hydrogens (tertiary/aromatic N) is 1. The summed E-state index contributed by atoms with van der Waals surface area (Å²) < 4.78 is 0.880. The maximum Gasteiger partial charge on any atom is 0.141 e. The van der Waals surface area contributed by atoms with Gasteiger partial charge in [-0.3, -0.25) is 4.79 Å². The van der Waals surface area contributed by atoms with Crippen molar-refractivity contribution in [2.45, 2.75) is 104 Å². The highest BCUT2D eigenvalue weighted by Crippen LogP contribution is 2.14. The van der Waals surface area contributed by atoms with Gasteiger partial charge in [0.15, 0.2) is 0 Å². The topological polar surface area (TPSA) is 17.1 Å². The molecular formula is C22H46NO+. The van der Waals surface area contributed by atoms with Crippen LogP contribution in [0.3, 0.4) is 0 Å². The Morgan fingerprint density at radius 3 is 1.46 bits per heavy atom. The van der Waals surface area contributed by atoms with Gasteiger partial charge in [0.1, 0.15) is 5.78 Å². The Labute approximate surface area is 153 Å².